The van der Waals surface area contributed by atoms with Crippen LogP contribution in [0.25, 0.3) is 10.9 Å². The molecule has 144 valence electrons. The lowest BCUT2D eigenvalue weighted by Gasteiger charge is -2.25. The number of anilines is 1. The minimum absolute atomic E-state index is 0.105. The number of aromatic nitrogens is 2. The summed E-state index contributed by atoms with van der Waals surface area (Å²) in [6.07, 6.45) is 0.105. The summed E-state index contributed by atoms with van der Waals surface area (Å²) in [6, 6.07) is 11.5. The molecule has 0 radical (unpaired) electrons. The number of carbonyl (C=O) groups is 2. The smallest absolute Gasteiger partial charge is 0.228 e. The summed E-state index contributed by atoms with van der Waals surface area (Å²) in [4.78, 5) is 25.0. The Kier molecular flexibility index (Phi) is 4.50. The van der Waals surface area contributed by atoms with Gasteiger partial charge in [-0.05, 0) is 42.8 Å². The molecular weight excluding hydrogens is 356 g/mol. The highest BCUT2D eigenvalue weighted by Gasteiger charge is 2.31. The first kappa shape index (κ1) is 18.0. The number of benzene rings is 2. The third kappa shape index (κ3) is 3.19. The third-order valence-corrected chi connectivity index (χ3v) is 5.13. The van der Waals surface area contributed by atoms with Gasteiger partial charge in [0.05, 0.1) is 30.8 Å². The van der Waals surface area contributed by atoms with Crippen molar-refractivity contribution in [2.75, 3.05) is 12.4 Å². The molecule has 0 fully saturated rings. The summed E-state index contributed by atoms with van der Waals surface area (Å²) in [7, 11) is 3.46. The van der Waals surface area contributed by atoms with Crippen LogP contribution < -0.4 is 15.4 Å². The number of hydrogen-bond donors (Lipinski definition) is 2. The molecule has 1 aliphatic heterocycles. The van der Waals surface area contributed by atoms with Crippen molar-refractivity contribution < 1.29 is 14.3 Å². The second kappa shape index (κ2) is 6.99. The summed E-state index contributed by atoms with van der Waals surface area (Å²) in [5, 5.41) is 11.3. The first-order chi connectivity index (χ1) is 13.5. The van der Waals surface area contributed by atoms with Crippen molar-refractivity contribution >= 4 is 28.4 Å². The van der Waals surface area contributed by atoms with E-state index in [1.54, 1.807) is 25.3 Å². The van der Waals surface area contributed by atoms with Gasteiger partial charge >= 0.3 is 0 Å². The summed E-state index contributed by atoms with van der Waals surface area (Å²) in [6.45, 7) is 2.33. The zero-order valence-corrected chi connectivity index (χ0v) is 16.1. The number of nitrogens with one attached hydrogen (secondary N) is 2. The van der Waals surface area contributed by atoms with Gasteiger partial charge in [-0.3, -0.25) is 14.3 Å². The normalized spacial score (nSPS) is 15.8. The zero-order chi connectivity index (χ0) is 19.8. The Morgan fingerprint density at radius 3 is 2.93 bits per heavy atom. The molecular formula is C21H22N4O3. The number of amides is 2. The van der Waals surface area contributed by atoms with Crippen LogP contribution in [0, 0.1) is 6.92 Å². The minimum Gasteiger partial charge on any atom is -0.497 e. The molecule has 4 rings (SSSR count). The van der Waals surface area contributed by atoms with Crippen molar-refractivity contribution in [2.24, 2.45) is 7.05 Å². The van der Waals surface area contributed by atoms with E-state index < -0.39 is 5.92 Å². The maximum Gasteiger partial charge on any atom is 0.228 e. The molecule has 7 nitrogen and oxygen atoms in total. The molecule has 1 aliphatic rings. The van der Waals surface area contributed by atoms with Gasteiger partial charge in [-0.25, -0.2) is 0 Å². The fourth-order valence-corrected chi connectivity index (χ4v) is 3.68. The zero-order valence-electron chi connectivity index (χ0n) is 16.1. The number of nitrogens with zero attached hydrogens (tertiary/aromatic N) is 2. The van der Waals surface area contributed by atoms with Crippen molar-refractivity contribution in [2.45, 2.75) is 25.8 Å². The van der Waals surface area contributed by atoms with Gasteiger partial charge in [-0.15, -0.1) is 0 Å². The molecule has 7 heteroatoms. The van der Waals surface area contributed by atoms with Gasteiger partial charge in [0.15, 0.2) is 0 Å². The molecule has 3 aromatic rings. The lowest BCUT2D eigenvalue weighted by atomic mass is 9.89. The van der Waals surface area contributed by atoms with Gasteiger partial charge in [-0.2, -0.15) is 5.10 Å². The molecule has 0 aliphatic carbocycles. The van der Waals surface area contributed by atoms with Gasteiger partial charge in [0.2, 0.25) is 11.8 Å². The Morgan fingerprint density at radius 1 is 1.32 bits per heavy atom. The lowest BCUT2D eigenvalue weighted by molar-refractivity contribution is -0.126. The van der Waals surface area contributed by atoms with Crippen LogP contribution in [0.15, 0.2) is 36.4 Å². The highest BCUT2D eigenvalue weighted by molar-refractivity contribution is 6.01. The van der Waals surface area contributed by atoms with Crippen LogP contribution in [0.2, 0.25) is 0 Å². The number of carbonyl (C=O) groups excluding carboxylic acids is 2. The standard InChI is InChI=1S/C21H22N4O3/c1-12-4-7-19-16(8-12)18(24-25(19)2)11-22-21(27)15-10-20(26)23-17-6-5-13(28-3)9-14(15)17/h4-9,15H,10-11H2,1-3H3,(H,22,27)(H,23,26)/t15-/m0/s1. The van der Waals surface area contributed by atoms with Crippen molar-refractivity contribution in [1.29, 1.82) is 0 Å². The molecule has 2 N–H and O–H groups in total. The first-order valence-electron chi connectivity index (χ1n) is 9.14. The fraction of sp³-hybridized carbons (Fsp3) is 0.286. The average molecular weight is 378 g/mol. The highest BCUT2D eigenvalue weighted by Crippen LogP contribution is 2.35. The van der Waals surface area contributed by atoms with E-state index >= 15 is 0 Å². The van der Waals surface area contributed by atoms with E-state index in [2.05, 4.69) is 21.8 Å². The third-order valence-electron chi connectivity index (χ3n) is 5.13. The summed E-state index contributed by atoms with van der Waals surface area (Å²) < 4.78 is 7.08. The topological polar surface area (TPSA) is 85.2 Å². The fourth-order valence-electron chi connectivity index (χ4n) is 3.68. The van der Waals surface area contributed by atoms with Crippen molar-refractivity contribution in [1.82, 2.24) is 15.1 Å². The van der Waals surface area contributed by atoms with E-state index in [9.17, 15) is 9.59 Å². The molecule has 0 bridgehead atoms. The van der Waals surface area contributed by atoms with Crippen molar-refractivity contribution in [3.8, 4) is 5.75 Å². The van der Waals surface area contributed by atoms with Crippen LogP contribution in [-0.2, 0) is 23.2 Å². The van der Waals surface area contributed by atoms with E-state index in [1.165, 1.54) is 0 Å². The van der Waals surface area contributed by atoms with E-state index in [-0.39, 0.29) is 18.2 Å². The monoisotopic (exact) mass is 378 g/mol. The molecule has 2 heterocycles. The van der Waals surface area contributed by atoms with Crippen LogP contribution >= 0.6 is 0 Å². The van der Waals surface area contributed by atoms with Gasteiger partial charge in [0.1, 0.15) is 5.75 Å². The van der Waals surface area contributed by atoms with Crippen LogP contribution in [0.4, 0.5) is 5.69 Å². The van der Waals surface area contributed by atoms with Crippen LogP contribution in [-0.4, -0.2) is 28.7 Å². The van der Waals surface area contributed by atoms with Gasteiger partial charge in [0.25, 0.3) is 0 Å². The van der Waals surface area contributed by atoms with E-state index in [0.717, 1.165) is 27.7 Å². The van der Waals surface area contributed by atoms with Gasteiger partial charge < -0.3 is 15.4 Å². The summed E-state index contributed by atoms with van der Waals surface area (Å²) >= 11 is 0. The maximum absolute atomic E-state index is 12.9. The molecule has 0 unspecified atom stereocenters. The molecule has 2 aromatic carbocycles. The first-order valence-corrected chi connectivity index (χ1v) is 9.14. The number of hydrogen-bond acceptors (Lipinski definition) is 4. The van der Waals surface area contributed by atoms with E-state index in [0.29, 0.717) is 18.0 Å². The number of ether oxygens (including phenoxy) is 1. The molecule has 0 saturated carbocycles. The largest absolute Gasteiger partial charge is 0.497 e. The number of aryl methyl sites for hydroxylation is 2. The summed E-state index contributed by atoms with van der Waals surface area (Å²) in [5.41, 5.74) is 4.37. The average Bonchev–Trinajstić information content (AvgIpc) is 3.00. The minimum atomic E-state index is -0.560. The molecule has 1 atom stereocenters. The predicted octanol–water partition coefficient (Wildman–Crippen LogP) is 2.63. The molecule has 28 heavy (non-hydrogen) atoms. The van der Waals surface area contributed by atoms with Crippen LogP contribution in [0.1, 0.15) is 29.2 Å². The Labute approximate surface area is 162 Å². The Bertz CT molecular complexity index is 1090. The maximum atomic E-state index is 12.9. The second-order valence-corrected chi connectivity index (χ2v) is 7.07. The van der Waals surface area contributed by atoms with Gasteiger partial charge in [0, 0.05) is 24.5 Å². The highest BCUT2D eigenvalue weighted by atomic mass is 16.5. The molecule has 2 amide bonds. The number of fused-ring (bicyclic) bond motifs is 2. The van der Waals surface area contributed by atoms with Crippen LogP contribution in [0.5, 0.6) is 5.75 Å². The van der Waals surface area contributed by atoms with E-state index in [4.69, 9.17) is 4.74 Å². The van der Waals surface area contributed by atoms with Crippen molar-refractivity contribution in [3.63, 3.8) is 0 Å². The Hall–Kier alpha value is -3.35. The number of methoxy groups -OCH3 is 1. The van der Waals surface area contributed by atoms with Gasteiger partial charge in [-0.1, -0.05) is 11.6 Å². The second-order valence-electron chi connectivity index (χ2n) is 7.07. The number of rotatable bonds is 4. The van der Waals surface area contributed by atoms with Crippen molar-refractivity contribution in [3.05, 3.63) is 53.2 Å². The molecule has 1 aromatic heterocycles. The molecule has 0 saturated heterocycles. The Balaban J connectivity index is 1.58. The van der Waals surface area contributed by atoms with Crippen LogP contribution in [0.3, 0.4) is 0 Å². The Morgan fingerprint density at radius 2 is 2.14 bits per heavy atom. The van der Waals surface area contributed by atoms with E-state index in [1.807, 2.05) is 30.8 Å². The quantitative estimate of drug-likeness (QED) is 0.731. The predicted molar refractivity (Wildman–Crippen MR) is 106 cm³/mol. The molecule has 0 spiro atoms. The summed E-state index contributed by atoms with van der Waals surface area (Å²) in [5.74, 6) is -0.276. The SMILES string of the molecule is COc1ccc2c(c1)[C@@H](C(=O)NCc1nn(C)c3ccc(C)cc13)CC(=O)N2. The lowest BCUT2D eigenvalue weighted by Crippen LogP contribution is -2.34.